The van der Waals surface area contributed by atoms with Crippen molar-refractivity contribution in [3.8, 4) is 0 Å². The molecule has 0 bridgehead atoms. The van der Waals surface area contributed by atoms with E-state index in [1.807, 2.05) is 24.3 Å². The largest absolute Gasteiger partial charge is 0.348 e. The van der Waals surface area contributed by atoms with Gasteiger partial charge in [0.25, 0.3) is 0 Å². The third-order valence-electron chi connectivity index (χ3n) is 3.41. The smallest absolute Gasteiger partial charge is 0.185 e. The Morgan fingerprint density at radius 2 is 1.94 bits per heavy atom. The SMILES string of the molecule is CC(C)[C@H]1O[C@H](c2ccccc2Cl)OCC1(C)C. The van der Waals surface area contributed by atoms with Crippen LogP contribution >= 0.6 is 11.6 Å². The summed E-state index contributed by atoms with van der Waals surface area (Å²) in [4.78, 5) is 0. The van der Waals surface area contributed by atoms with Crippen LogP contribution in [0, 0.1) is 11.3 Å². The molecule has 1 heterocycles. The van der Waals surface area contributed by atoms with Crippen molar-refractivity contribution in [3.63, 3.8) is 0 Å². The van der Waals surface area contributed by atoms with Crippen molar-refractivity contribution in [3.05, 3.63) is 34.9 Å². The molecule has 0 spiro atoms. The molecule has 2 nitrogen and oxygen atoms in total. The maximum Gasteiger partial charge on any atom is 0.185 e. The summed E-state index contributed by atoms with van der Waals surface area (Å²) < 4.78 is 12.0. The third kappa shape index (κ3) is 2.71. The molecule has 1 fully saturated rings. The van der Waals surface area contributed by atoms with Crippen molar-refractivity contribution >= 4 is 11.6 Å². The maximum atomic E-state index is 6.20. The molecule has 0 unspecified atom stereocenters. The molecule has 18 heavy (non-hydrogen) atoms. The molecular formula is C15H21ClO2. The summed E-state index contributed by atoms with van der Waals surface area (Å²) in [6, 6.07) is 7.70. The average molecular weight is 269 g/mol. The van der Waals surface area contributed by atoms with Gasteiger partial charge in [0.1, 0.15) is 0 Å². The van der Waals surface area contributed by atoms with E-state index in [0.29, 0.717) is 17.5 Å². The molecule has 1 saturated heterocycles. The van der Waals surface area contributed by atoms with Gasteiger partial charge in [-0.05, 0) is 12.0 Å². The number of hydrogen-bond donors (Lipinski definition) is 0. The number of halogens is 1. The molecule has 1 aromatic rings. The Bertz CT molecular complexity index is 415. The van der Waals surface area contributed by atoms with E-state index in [0.717, 1.165) is 5.56 Å². The first-order valence-corrected chi connectivity index (χ1v) is 6.81. The molecular weight excluding hydrogens is 248 g/mol. The highest BCUT2D eigenvalue weighted by molar-refractivity contribution is 6.31. The van der Waals surface area contributed by atoms with Crippen molar-refractivity contribution in [2.45, 2.75) is 40.1 Å². The lowest BCUT2D eigenvalue weighted by molar-refractivity contribution is -0.274. The summed E-state index contributed by atoms with van der Waals surface area (Å²) in [7, 11) is 0. The zero-order valence-electron chi connectivity index (χ0n) is 11.4. The first kappa shape index (κ1) is 13.9. The van der Waals surface area contributed by atoms with E-state index >= 15 is 0 Å². The second-order valence-electron chi connectivity index (χ2n) is 5.95. The molecule has 100 valence electrons. The van der Waals surface area contributed by atoms with Crippen LogP contribution in [0.2, 0.25) is 5.02 Å². The Labute approximate surface area is 114 Å². The van der Waals surface area contributed by atoms with E-state index in [2.05, 4.69) is 27.7 Å². The van der Waals surface area contributed by atoms with Crippen LogP contribution in [-0.4, -0.2) is 12.7 Å². The Balaban J connectivity index is 2.21. The number of rotatable bonds is 2. The summed E-state index contributed by atoms with van der Waals surface area (Å²) in [5, 5.41) is 0.699. The van der Waals surface area contributed by atoms with Crippen LogP contribution in [0.25, 0.3) is 0 Å². The minimum absolute atomic E-state index is 0.0337. The van der Waals surface area contributed by atoms with Gasteiger partial charge in [-0.25, -0.2) is 0 Å². The number of hydrogen-bond acceptors (Lipinski definition) is 2. The lowest BCUT2D eigenvalue weighted by atomic mass is 9.80. The van der Waals surface area contributed by atoms with Crippen LogP contribution in [0.15, 0.2) is 24.3 Å². The second-order valence-corrected chi connectivity index (χ2v) is 6.36. The quantitative estimate of drug-likeness (QED) is 0.790. The fraction of sp³-hybridized carbons (Fsp3) is 0.600. The topological polar surface area (TPSA) is 18.5 Å². The summed E-state index contributed by atoms with van der Waals surface area (Å²) >= 11 is 6.20. The number of benzene rings is 1. The van der Waals surface area contributed by atoms with Crippen molar-refractivity contribution in [2.75, 3.05) is 6.61 Å². The minimum atomic E-state index is -0.348. The monoisotopic (exact) mass is 268 g/mol. The molecule has 2 atom stereocenters. The van der Waals surface area contributed by atoms with Crippen molar-refractivity contribution < 1.29 is 9.47 Å². The Hall–Kier alpha value is -0.570. The van der Waals surface area contributed by atoms with Crippen molar-refractivity contribution in [2.24, 2.45) is 11.3 Å². The predicted octanol–water partition coefficient (Wildman–Crippen LogP) is 4.44. The van der Waals surface area contributed by atoms with Crippen molar-refractivity contribution in [1.82, 2.24) is 0 Å². The molecule has 0 N–H and O–H groups in total. The van der Waals surface area contributed by atoms with Crippen LogP contribution in [0.5, 0.6) is 0 Å². The highest BCUT2D eigenvalue weighted by Crippen LogP contribution is 2.40. The molecule has 0 amide bonds. The van der Waals surface area contributed by atoms with Gasteiger partial charge in [0, 0.05) is 16.0 Å². The summed E-state index contributed by atoms with van der Waals surface area (Å²) in [5.74, 6) is 0.453. The second kappa shape index (κ2) is 5.20. The van der Waals surface area contributed by atoms with Gasteiger partial charge in [0.2, 0.25) is 0 Å². The van der Waals surface area contributed by atoms with Gasteiger partial charge in [-0.15, -0.1) is 0 Å². The zero-order chi connectivity index (χ0) is 13.3. The molecule has 0 radical (unpaired) electrons. The van der Waals surface area contributed by atoms with Crippen LogP contribution < -0.4 is 0 Å². The zero-order valence-corrected chi connectivity index (χ0v) is 12.2. The Morgan fingerprint density at radius 3 is 2.56 bits per heavy atom. The normalized spacial score (nSPS) is 27.4. The summed E-state index contributed by atoms with van der Waals surface area (Å²) in [5.41, 5.74) is 0.951. The van der Waals surface area contributed by atoms with Crippen molar-refractivity contribution in [1.29, 1.82) is 0 Å². The Morgan fingerprint density at radius 1 is 1.28 bits per heavy atom. The van der Waals surface area contributed by atoms with Crippen LogP contribution in [-0.2, 0) is 9.47 Å². The van der Waals surface area contributed by atoms with Crippen LogP contribution in [0.1, 0.15) is 39.5 Å². The molecule has 0 aliphatic carbocycles. The highest BCUT2D eigenvalue weighted by Gasteiger charge is 2.40. The first-order chi connectivity index (χ1) is 8.42. The minimum Gasteiger partial charge on any atom is -0.348 e. The van der Waals surface area contributed by atoms with Crippen LogP contribution in [0.4, 0.5) is 0 Å². The van der Waals surface area contributed by atoms with E-state index in [1.54, 1.807) is 0 Å². The van der Waals surface area contributed by atoms with Gasteiger partial charge in [-0.1, -0.05) is 57.5 Å². The molecule has 0 aromatic heterocycles. The third-order valence-corrected chi connectivity index (χ3v) is 3.76. The molecule has 1 aromatic carbocycles. The van der Waals surface area contributed by atoms with Gasteiger partial charge in [0.05, 0.1) is 12.7 Å². The molecule has 2 rings (SSSR count). The van der Waals surface area contributed by atoms with Gasteiger partial charge in [0.15, 0.2) is 6.29 Å². The highest BCUT2D eigenvalue weighted by atomic mass is 35.5. The predicted molar refractivity (Wildman–Crippen MR) is 73.6 cm³/mol. The summed E-state index contributed by atoms with van der Waals surface area (Å²) in [6.07, 6.45) is -0.174. The fourth-order valence-corrected chi connectivity index (χ4v) is 2.84. The maximum absolute atomic E-state index is 6.20. The van der Waals surface area contributed by atoms with E-state index in [-0.39, 0.29) is 17.8 Å². The first-order valence-electron chi connectivity index (χ1n) is 6.43. The molecule has 0 saturated carbocycles. The standard InChI is InChI=1S/C15H21ClO2/c1-10(2)13-15(3,4)9-17-14(18-13)11-7-5-6-8-12(11)16/h5-8,10,13-14H,9H2,1-4H3/t13-,14-/m1/s1. The Kier molecular flexibility index (Phi) is 4.00. The van der Waals surface area contributed by atoms with Gasteiger partial charge < -0.3 is 9.47 Å². The molecule has 1 aliphatic rings. The molecule has 3 heteroatoms. The average Bonchev–Trinajstić information content (AvgIpc) is 2.29. The van der Waals surface area contributed by atoms with Gasteiger partial charge >= 0.3 is 0 Å². The van der Waals surface area contributed by atoms with E-state index in [9.17, 15) is 0 Å². The molecule has 1 aliphatic heterocycles. The lowest BCUT2D eigenvalue weighted by Gasteiger charge is -2.44. The summed E-state index contributed by atoms with van der Waals surface area (Å²) in [6.45, 7) is 9.41. The van der Waals surface area contributed by atoms with E-state index in [1.165, 1.54) is 0 Å². The van der Waals surface area contributed by atoms with Crippen LogP contribution in [0.3, 0.4) is 0 Å². The van der Waals surface area contributed by atoms with E-state index in [4.69, 9.17) is 21.1 Å². The van der Waals surface area contributed by atoms with Gasteiger partial charge in [-0.2, -0.15) is 0 Å². The number of ether oxygens (including phenoxy) is 2. The van der Waals surface area contributed by atoms with E-state index < -0.39 is 0 Å². The lowest BCUT2D eigenvalue weighted by Crippen LogP contribution is -2.45. The fourth-order valence-electron chi connectivity index (χ4n) is 2.62. The van der Waals surface area contributed by atoms with Gasteiger partial charge in [-0.3, -0.25) is 0 Å².